The third-order valence-electron chi connectivity index (χ3n) is 17.3. The van der Waals surface area contributed by atoms with Crippen LogP contribution in [0.1, 0.15) is 90.5 Å². The van der Waals surface area contributed by atoms with Gasteiger partial charge in [-0.25, -0.2) is 17.6 Å². The predicted octanol–water partition coefficient (Wildman–Crippen LogP) is 14.4. The standard InChI is InChI=1S/C23H29FN2O3.C23H28FNO4.C20H24FNO2.C16H18FNO2.CH4.B/c1-25-23(27)15-26(14-18-6-7-18)11-10-17-8-9-21(22(13-17)28-2)29-16-19-4-3-5-20(24)12-19;1-27-22-13-17(10-11-25(14-18-6-7-18)15-23(26)28-2)8-9-21(22)29-16-19-4-3-5-20(24)12-19;1-23-20-12-15(9-10-22-13-16-5-6-16)7-8-19(20)24-14-17-3-2-4-18(21)11-17;1-19-16-10-12(7-8-18)5-6-15(16)20-11-13-3-2-4-14(17)9-13;;/h3-5,8-9,12-13,18H,6-7,10-11,14-16H2,1-2H3,(H,25,27);3-5,8-9,12-13,18H,6-7,10-11,14-16H2,1-2H3;2-4,7-8,11-12,16,22H,5-6,9-10,13-14H2,1H3;2-6,9-10H,7-8,11,18H2,1H3;1H4;. The summed E-state index contributed by atoms with van der Waals surface area (Å²) in [7, 11) is 9.54. The van der Waals surface area contributed by atoms with Crippen LogP contribution in [0.5, 0.6) is 46.0 Å². The molecule has 557 valence electrons. The number of benzene rings is 8. The number of esters is 1. The summed E-state index contributed by atoms with van der Waals surface area (Å²) in [5, 5.41) is 6.20. The Morgan fingerprint density at radius 3 is 1.05 bits per heavy atom. The third kappa shape index (κ3) is 30.6. The summed E-state index contributed by atoms with van der Waals surface area (Å²) in [6.07, 6.45) is 11.1. The number of nitrogens with zero attached hydrogens (tertiary/aromatic N) is 2. The number of likely N-dealkylation sites (N-methyl/N-ethyl adjacent to an activating group) is 1. The highest BCUT2D eigenvalue weighted by Crippen LogP contribution is 2.35. The molecule has 4 N–H and O–H groups in total. The fourth-order valence-corrected chi connectivity index (χ4v) is 11.0. The first kappa shape index (κ1) is 83.7. The van der Waals surface area contributed by atoms with E-state index in [2.05, 4.69) is 26.5 Å². The van der Waals surface area contributed by atoms with Gasteiger partial charge in [0.05, 0.1) is 48.6 Å². The van der Waals surface area contributed by atoms with Crippen molar-refractivity contribution < 1.29 is 69.8 Å². The van der Waals surface area contributed by atoms with Crippen LogP contribution in [-0.4, -0.2) is 132 Å². The summed E-state index contributed by atoms with van der Waals surface area (Å²) >= 11 is 0. The van der Waals surface area contributed by atoms with Gasteiger partial charge in [-0.2, -0.15) is 0 Å². The van der Waals surface area contributed by atoms with Gasteiger partial charge < -0.3 is 59.0 Å². The molecule has 8 aromatic rings. The van der Waals surface area contributed by atoms with Crippen molar-refractivity contribution in [2.75, 3.05) is 101 Å². The number of hydrogen-bond acceptors (Lipinski definition) is 15. The Labute approximate surface area is 614 Å². The normalized spacial score (nSPS) is 12.6. The molecule has 104 heavy (non-hydrogen) atoms. The monoisotopic (exact) mass is 1430 g/mol. The van der Waals surface area contributed by atoms with Crippen molar-refractivity contribution in [1.29, 1.82) is 0 Å². The lowest BCUT2D eigenvalue weighted by Crippen LogP contribution is -2.38. The minimum absolute atomic E-state index is 0. The van der Waals surface area contributed by atoms with Crippen LogP contribution in [0.15, 0.2) is 170 Å². The van der Waals surface area contributed by atoms with Gasteiger partial charge in [0.15, 0.2) is 46.0 Å². The van der Waals surface area contributed by atoms with Gasteiger partial charge in [-0.05, 0) is 243 Å². The van der Waals surface area contributed by atoms with Crippen LogP contribution in [0, 0.1) is 41.0 Å². The number of methoxy groups -OCH3 is 5. The zero-order valence-corrected chi connectivity index (χ0v) is 60.2. The van der Waals surface area contributed by atoms with E-state index in [4.69, 9.17) is 48.4 Å². The highest BCUT2D eigenvalue weighted by Gasteiger charge is 2.27. The molecule has 0 spiro atoms. The van der Waals surface area contributed by atoms with Crippen molar-refractivity contribution in [1.82, 2.24) is 20.4 Å². The van der Waals surface area contributed by atoms with E-state index in [-0.39, 0.29) is 64.2 Å². The lowest BCUT2D eigenvalue weighted by Gasteiger charge is -2.21. The van der Waals surface area contributed by atoms with Crippen molar-refractivity contribution >= 4 is 20.3 Å². The minimum atomic E-state index is -0.281. The molecule has 3 saturated carbocycles. The van der Waals surface area contributed by atoms with Crippen LogP contribution in [0.4, 0.5) is 17.6 Å². The first-order valence-electron chi connectivity index (χ1n) is 34.9. The summed E-state index contributed by atoms with van der Waals surface area (Å²) in [6, 6.07) is 48.9. The highest BCUT2D eigenvalue weighted by atomic mass is 19.1. The van der Waals surface area contributed by atoms with Crippen molar-refractivity contribution in [3.05, 3.63) is 238 Å². The van der Waals surface area contributed by atoms with Crippen molar-refractivity contribution in [2.45, 2.75) is 98.1 Å². The molecule has 21 heteroatoms. The second kappa shape index (κ2) is 45.1. The van der Waals surface area contributed by atoms with Crippen molar-refractivity contribution in [2.24, 2.45) is 23.5 Å². The predicted molar refractivity (Wildman–Crippen MR) is 401 cm³/mol. The Morgan fingerprint density at radius 2 is 0.750 bits per heavy atom. The van der Waals surface area contributed by atoms with E-state index in [0.717, 1.165) is 116 Å². The van der Waals surface area contributed by atoms with Crippen LogP contribution in [-0.2, 0) is 66.4 Å². The van der Waals surface area contributed by atoms with Crippen LogP contribution in [0.2, 0.25) is 0 Å². The smallest absolute Gasteiger partial charge is 0.319 e. The molecule has 0 saturated heterocycles. The second-order valence-electron chi connectivity index (χ2n) is 25.7. The van der Waals surface area contributed by atoms with E-state index < -0.39 is 0 Å². The summed E-state index contributed by atoms with van der Waals surface area (Å²) in [5.41, 5.74) is 13.2. The van der Waals surface area contributed by atoms with Gasteiger partial charge in [0, 0.05) is 41.6 Å². The molecule has 11 rings (SSSR count). The molecule has 3 fully saturated rings. The molecule has 0 bridgehead atoms. The summed E-state index contributed by atoms with van der Waals surface area (Å²) in [6.45, 7) is 8.09. The fourth-order valence-electron chi connectivity index (χ4n) is 11.0. The van der Waals surface area contributed by atoms with Gasteiger partial charge in [-0.15, -0.1) is 0 Å². The lowest BCUT2D eigenvalue weighted by molar-refractivity contribution is -0.142. The summed E-state index contributed by atoms with van der Waals surface area (Å²) in [4.78, 5) is 27.8. The SMILES string of the molecule is C.CNC(=O)CN(CCc1ccc(OCc2cccc(F)c2)c(OC)c1)CC1CC1.COC(=O)CN(CCc1ccc(OCc2cccc(F)c2)c(OC)c1)CC1CC1.COc1cc(CCN)ccc1OCc1cccc(F)c1.COc1cc(CCNCC2CC2)ccc1OCc1cccc(F)c1.[B]. The average molecular weight is 1430 g/mol. The Bertz CT molecular complexity index is 3740. The van der Waals surface area contributed by atoms with Crippen LogP contribution >= 0.6 is 0 Å². The molecule has 0 unspecified atom stereocenters. The van der Waals surface area contributed by atoms with Crippen LogP contribution in [0.3, 0.4) is 0 Å². The fraction of sp³-hybridized carbons (Fsp3) is 0.398. The molecule has 0 heterocycles. The number of amides is 1. The Kier molecular flexibility index (Phi) is 36.3. The molecule has 1 amide bonds. The molecule has 0 atom stereocenters. The molecule has 0 aromatic heterocycles. The molecular weight excluding hydrogens is 1330 g/mol. The largest absolute Gasteiger partial charge is 0.493 e. The maximum absolute atomic E-state index is 13.3. The van der Waals surface area contributed by atoms with Gasteiger partial charge in [0.2, 0.25) is 5.91 Å². The van der Waals surface area contributed by atoms with E-state index in [1.807, 2.05) is 91.0 Å². The van der Waals surface area contributed by atoms with Gasteiger partial charge in [0.1, 0.15) is 49.7 Å². The zero-order valence-electron chi connectivity index (χ0n) is 60.2. The Hall–Kier alpha value is -9.28. The zero-order chi connectivity index (χ0) is 72.4. The summed E-state index contributed by atoms with van der Waals surface area (Å²) < 4.78 is 103. The molecular formula is C83H103BF4N5O11. The second-order valence-corrected chi connectivity index (χ2v) is 25.7. The number of nitrogens with two attached hydrogens (primary N) is 1. The maximum Gasteiger partial charge on any atom is 0.319 e. The van der Waals surface area contributed by atoms with E-state index >= 15 is 0 Å². The summed E-state index contributed by atoms with van der Waals surface area (Å²) in [5.74, 6) is 6.32. The topological polar surface area (TPSA) is 174 Å². The van der Waals surface area contributed by atoms with Crippen LogP contribution < -0.4 is 54.3 Å². The molecule has 3 aliphatic carbocycles. The number of rotatable bonds is 37. The molecule has 3 aliphatic rings. The number of carbonyl (C=O) groups is 2. The Morgan fingerprint density at radius 1 is 0.423 bits per heavy atom. The maximum atomic E-state index is 13.3. The van der Waals surface area contributed by atoms with E-state index in [1.165, 1.54) is 99.7 Å². The average Bonchev–Trinajstić information content (AvgIpc) is 1.86. The highest BCUT2D eigenvalue weighted by molar-refractivity contribution is 5.77. The Balaban J connectivity index is 0.000000218. The third-order valence-corrected chi connectivity index (χ3v) is 17.3. The van der Waals surface area contributed by atoms with Crippen molar-refractivity contribution in [3.63, 3.8) is 0 Å². The molecule has 8 aromatic carbocycles. The van der Waals surface area contributed by atoms with Crippen LogP contribution in [0.25, 0.3) is 0 Å². The lowest BCUT2D eigenvalue weighted by atomic mass is 10.1. The molecule has 0 aliphatic heterocycles. The molecule has 16 nitrogen and oxygen atoms in total. The van der Waals surface area contributed by atoms with Gasteiger partial charge in [0.25, 0.3) is 0 Å². The first-order valence-corrected chi connectivity index (χ1v) is 34.9. The number of halogens is 4. The van der Waals surface area contributed by atoms with E-state index in [9.17, 15) is 27.2 Å². The number of carbonyl (C=O) groups excluding carboxylic acids is 2. The minimum Gasteiger partial charge on any atom is -0.493 e. The molecule has 3 radical (unpaired) electrons. The van der Waals surface area contributed by atoms with Crippen molar-refractivity contribution in [3.8, 4) is 46.0 Å². The number of hydrogen-bond donors (Lipinski definition) is 3. The number of ether oxygens (including phenoxy) is 9. The van der Waals surface area contributed by atoms with Gasteiger partial charge in [-0.3, -0.25) is 19.4 Å². The quantitative estimate of drug-likeness (QED) is 0.0145. The van der Waals surface area contributed by atoms with Gasteiger partial charge in [-0.1, -0.05) is 80.2 Å². The van der Waals surface area contributed by atoms with E-state index in [1.54, 1.807) is 59.8 Å². The first-order chi connectivity index (χ1) is 49.6. The number of nitrogens with one attached hydrogen (secondary N) is 2. The van der Waals surface area contributed by atoms with Gasteiger partial charge >= 0.3 is 5.97 Å². The van der Waals surface area contributed by atoms with E-state index in [0.29, 0.717) is 84.8 Å².